The van der Waals surface area contributed by atoms with Crippen molar-refractivity contribution in [3.8, 4) is 0 Å². The molecule has 134 valence electrons. The summed E-state index contributed by atoms with van der Waals surface area (Å²) in [6.07, 6.45) is 1.86. The maximum Gasteiger partial charge on any atom is 0.410 e. The van der Waals surface area contributed by atoms with Crippen molar-refractivity contribution >= 4 is 22.9 Å². The lowest BCUT2D eigenvalue weighted by Crippen LogP contribution is -2.71. The van der Waals surface area contributed by atoms with E-state index in [1.807, 2.05) is 6.92 Å². The van der Waals surface area contributed by atoms with Gasteiger partial charge in [-0.25, -0.2) is 4.79 Å². The summed E-state index contributed by atoms with van der Waals surface area (Å²) in [7, 11) is -0.900. The predicted molar refractivity (Wildman–Crippen MR) is 88.9 cm³/mol. The average molecular weight is 348 g/mol. The number of hydrogen-bond donors (Lipinski definition) is 2. The highest BCUT2D eigenvalue weighted by atomic mass is 32.2. The zero-order valence-corrected chi connectivity index (χ0v) is 15.4. The summed E-state index contributed by atoms with van der Waals surface area (Å²) in [6.45, 7) is 8.44. The molecule has 23 heavy (non-hydrogen) atoms. The molecule has 2 atom stereocenters. The third kappa shape index (κ3) is 6.47. The molecule has 0 saturated carbocycles. The number of carboxylic acids is 1. The highest BCUT2D eigenvalue weighted by molar-refractivity contribution is 7.84. The van der Waals surface area contributed by atoms with Crippen LogP contribution in [0, 0.1) is 0 Å². The molecule has 2 N–H and O–H groups in total. The average Bonchev–Trinajstić information content (AvgIpc) is 2.31. The second-order valence-corrected chi connectivity index (χ2v) is 9.01. The molecule has 0 aliphatic carbocycles. The topological polar surface area (TPSA) is 95.9 Å². The molecular weight excluding hydrogens is 320 g/mol. The highest BCUT2D eigenvalue weighted by Gasteiger charge is 2.47. The molecule has 1 aliphatic heterocycles. The van der Waals surface area contributed by atoms with Crippen LogP contribution in [0.4, 0.5) is 4.79 Å². The van der Waals surface area contributed by atoms with Gasteiger partial charge in [-0.15, -0.1) is 0 Å². The van der Waals surface area contributed by atoms with E-state index in [1.54, 1.807) is 27.0 Å². The van der Waals surface area contributed by atoms with Crippen LogP contribution in [-0.4, -0.2) is 68.6 Å². The number of hydrogen-bond acceptors (Lipinski definition) is 5. The molecule has 0 aromatic carbocycles. The summed E-state index contributed by atoms with van der Waals surface area (Å²) in [5, 5.41) is 12.4. The van der Waals surface area contributed by atoms with Crippen LogP contribution in [0.3, 0.4) is 0 Å². The predicted octanol–water partition coefficient (Wildman–Crippen LogP) is 1.20. The number of nitrogens with zero attached hydrogens (tertiary/aromatic N) is 1. The molecule has 1 heterocycles. The fourth-order valence-electron chi connectivity index (χ4n) is 2.42. The normalized spacial score (nSPS) is 19.6. The van der Waals surface area contributed by atoms with Crippen LogP contribution in [0.25, 0.3) is 0 Å². The lowest BCUT2D eigenvalue weighted by molar-refractivity contribution is -0.141. The Hall–Kier alpha value is -1.15. The van der Waals surface area contributed by atoms with E-state index >= 15 is 0 Å². The highest BCUT2D eigenvalue weighted by Crippen LogP contribution is 2.27. The van der Waals surface area contributed by atoms with Crippen molar-refractivity contribution in [3.05, 3.63) is 0 Å². The largest absolute Gasteiger partial charge is 0.481 e. The van der Waals surface area contributed by atoms with Gasteiger partial charge < -0.3 is 20.1 Å². The maximum absolute atomic E-state index is 12.0. The molecule has 0 spiro atoms. The van der Waals surface area contributed by atoms with E-state index in [4.69, 9.17) is 9.84 Å². The summed E-state index contributed by atoms with van der Waals surface area (Å²) in [5.41, 5.74) is -1.20. The quantitative estimate of drug-likeness (QED) is 0.718. The smallest absolute Gasteiger partial charge is 0.410 e. The summed E-state index contributed by atoms with van der Waals surface area (Å²) >= 11 is 0. The van der Waals surface area contributed by atoms with Crippen molar-refractivity contribution in [2.45, 2.75) is 56.9 Å². The summed E-state index contributed by atoms with van der Waals surface area (Å²) in [5.74, 6) is -0.909. The van der Waals surface area contributed by atoms with Crippen LogP contribution < -0.4 is 5.32 Å². The minimum Gasteiger partial charge on any atom is -0.481 e. The number of rotatable bonds is 7. The van der Waals surface area contributed by atoms with Gasteiger partial charge in [0.15, 0.2) is 0 Å². The Morgan fingerprint density at radius 3 is 2.39 bits per heavy atom. The molecule has 7 nitrogen and oxygen atoms in total. The number of likely N-dealkylation sites (tertiary alicyclic amines) is 1. The number of carbonyl (C=O) groups is 2. The fourth-order valence-corrected chi connectivity index (χ4v) is 2.87. The lowest BCUT2D eigenvalue weighted by Gasteiger charge is -2.49. The second kappa shape index (κ2) is 7.61. The first-order chi connectivity index (χ1) is 10.4. The molecule has 0 radical (unpaired) electrons. The minimum atomic E-state index is -0.909. The SMILES string of the molecule is CC(CCNC1(CC(=O)O)CN(C(=O)OC(C)(C)C)C1)S(C)=O. The Bertz CT molecular complexity index is 469. The second-order valence-electron chi connectivity index (χ2n) is 7.21. The van der Waals surface area contributed by atoms with Crippen LogP contribution in [0.15, 0.2) is 0 Å². The van der Waals surface area contributed by atoms with E-state index in [0.717, 1.165) is 0 Å². The monoisotopic (exact) mass is 348 g/mol. The van der Waals surface area contributed by atoms with Gasteiger partial charge in [0, 0.05) is 35.4 Å². The molecule has 0 aromatic rings. The lowest BCUT2D eigenvalue weighted by atomic mass is 9.86. The van der Waals surface area contributed by atoms with Gasteiger partial charge in [0.25, 0.3) is 0 Å². The zero-order valence-electron chi connectivity index (χ0n) is 14.5. The van der Waals surface area contributed by atoms with E-state index in [2.05, 4.69) is 5.32 Å². The summed E-state index contributed by atoms with van der Waals surface area (Å²) < 4.78 is 16.6. The fraction of sp³-hybridized carbons (Fsp3) is 0.867. The molecule has 2 unspecified atom stereocenters. The molecule has 1 aliphatic rings. The van der Waals surface area contributed by atoms with Crippen molar-refractivity contribution < 1.29 is 23.6 Å². The van der Waals surface area contributed by atoms with Gasteiger partial charge in [-0.2, -0.15) is 0 Å². The molecule has 1 amide bonds. The van der Waals surface area contributed by atoms with E-state index in [1.165, 1.54) is 4.90 Å². The maximum atomic E-state index is 12.0. The van der Waals surface area contributed by atoms with E-state index < -0.39 is 34.0 Å². The summed E-state index contributed by atoms with van der Waals surface area (Å²) in [4.78, 5) is 24.6. The van der Waals surface area contributed by atoms with Gasteiger partial charge in [-0.05, 0) is 33.7 Å². The molecule has 1 saturated heterocycles. The van der Waals surface area contributed by atoms with Crippen LogP contribution in [0.5, 0.6) is 0 Å². The number of carbonyl (C=O) groups excluding carboxylic acids is 1. The van der Waals surface area contributed by atoms with Crippen LogP contribution in [0.2, 0.25) is 0 Å². The van der Waals surface area contributed by atoms with Gasteiger partial charge in [-0.1, -0.05) is 6.92 Å². The standard InChI is InChI=1S/C15H28N2O5S/c1-11(23(5)21)6-7-16-15(8-12(18)19)9-17(10-15)13(20)22-14(2,3)4/h11,16H,6-10H2,1-5H3,(H,18,19). The first kappa shape index (κ1) is 19.9. The minimum absolute atomic E-state index is 0.0476. The zero-order chi connectivity index (χ0) is 17.8. The number of ether oxygens (including phenoxy) is 1. The Morgan fingerprint density at radius 1 is 1.39 bits per heavy atom. The molecule has 1 fully saturated rings. The third-order valence-corrected chi connectivity index (χ3v) is 5.11. The molecule has 1 rings (SSSR count). The van der Waals surface area contributed by atoms with E-state index in [0.29, 0.717) is 26.1 Å². The number of amides is 1. The molecule has 0 bridgehead atoms. The number of carboxylic acid groups (broad SMARTS) is 1. The van der Waals surface area contributed by atoms with Gasteiger partial charge in [0.2, 0.25) is 0 Å². The Labute approximate surface area is 140 Å². The van der Waals surface area contributed by atoms with Gasteiger partial charge in [0.1, 0.15) is 5.60 Å². The van der Waals surface area contributed by atoms with Crippen molar-refractivity contribution in [2.75, 3.05) is 25.9 Å². The molecular formula is C15H28N2O5S. The number of aliphatic carboxylic acids is 1. The van der Waals surface area contributed by atoms with E-state index in [9.17, 15) is 13.8 Å². The Kier molecular flexibility index (Phi) is 6.59. The first-order valence-electron chi connectivity index (χ1n) is 7.71. The van der Waals surface area contributed by atoms with Crippen LogP contribution in [0.1, 0.15) is 40.5 Å². The van der Waals surface area contributed by atoms with Crippen molar-refractivity contribution in [1.29, 1.82) is 0 Å². The van der Waals surface area contributed by atoms with Crippen LogP contribution in [-0.2, 0) is 20.3 Å². The van der Waals surface area contributed by atoms with Gasteiger partial charge in [0.05, 0.1) is 12.0 Å². The van der Waals surface area contributed by atoms with E-state index in [-0.39, 0.29) is 11.7 Å². The van der Waals surface area contributed by atoms with Crippen molar-refractivity contribution in [3.63, 3.8) is 0 Å². The molecule has 0 aromatic heterocycles. The first-order valence-corrected chi connectivity index (χ1v) is 9.33. The molecule has 8 heteroatoms. The van der Waals surface area contributed by atoms with Gasteiger partial charge in [-0.3, -0.25) is 9.00 Å². The van der Waals surface area contributed by atoms with Crippen molar-refractivity contribution in [1.82, 2.24) is 10.2 Å². The Balaban J connectivity index is 2.55. The van der Waals surface area contributed by atoms with Crippen LogP contribution >= 0.6 is 0 Å². The summed E-state index contributed by atoms with van der Waals surface area (Å²) in [6, 6.07) is 0. The third-order valence-electron chi connectivity index (χ3n) is 3.75. The number of nitrogens with one attached hydrogen (secondary N) is 1. The van der Waals surface area contributed by atoms with Crippen molar-refractivity contribution in [2.24, 2.45) is 0 Å². The Morgan fingerprint density at radius 2 is 1.96 bits per heavy atom. The van der Waals surface area contributed by atoms with Gasteiger partial charge >= 0.3 is 12.1 Å².